The summed E-state index contributed by atoms with van der Waals surface area (Å²) >= 11 is 0. The number of hydrogen-bond acceptors (Lipinski definition) is 1. The fourth-order valence-corrected chi connectivity index (χ4v) is 2.04. The van der Waals surface area contributed by atoms with Gasteiger partial charge in [-0.05, 0) is 23.8 Å². The van der Waals surface area contributed by atoms with E-state index in [1.807, 2.05) is 6.08 Å². The molecule has 1 rings (SSSR count). The van der Waals surface area contributed by atoms with Gasteiger partial charge in [-0.2, -0.15) is 0 Å². The van der Waals surface area contributed by atoms with Crippen LogP contribution in [-0.4, -0.2) is 11.1 Å². The Kier molecular flexibility index (Phi) is 2.57. The monoisotopic (exact) mass is 194 g/mol. The summed E-state index contributed by atoms with van der Waals surface area (Å²) in [7, 11) is 0. The number of rotatable bonds is 2. The van der Waals surface area contributed by atoms with Gasteiger partial charge in [-0.25, -0.2) is 0 Å². The smallest absolute Gasteiger partial charge is 0.310 e. The van der Waals surface area contributed by atoms with Crippen molar-refractivity contribution in [1.29, 1.82) is 0 Å². The summed E-state index contributed by atoms with van der Waals surface area (Å²) < 4.78 is 0. The van der Waals surface area contributed by atoms with Crippen molar-refractivity contribution in [1.82, 2.24) is 0 Å². The highest BCUT2D eigenvalue weighted by Gasteiger charge is 2.40. The van der Waals surface area contributed by atoms with Crippen LogP contribution in [0.2, 0.25) is 0 Å². The van der Waals surface area contributed by atoms with E-state index in [1.54, 1.807) is 6.92 Å². The first-order valence-electron chi connectivity index (χ1n) is 4.92. The molecular formula is C12H18O2. The molecule has 2 unspecified atom stereocenters. The Balaban J connectivity index is 3.06. The van der Waals surface area contributed by atoms with E-state index < -0.39 is 11.9 Å². The third kappa shape index (κ3) is 1.49. The molecule has 2 nitrogen and oxygen atoms in total. The first-order valence-corrected chi connectivity index (χ1v) is 4.92. The van der Waals surface area contributed by atoms with Gasteiger partial charge in [0.05, 0.1) is 5.92 Å². The van der Waals surface area contributed by atoms with E-state index in [4.69, 9.17) is 5.11 Å². The molecule has 0 heterocycles. The minimum absolute atomic E-state index is 0.0745. The topological polar surface area (TPSA) is 37.3 Å². The highest BCUT2D eigenvalue weighted by molar-refractivity contribution is 5.74. The lowest BCUT2D eigenvalue weighted by atomic mass is 9.74. The summed E-state index contributed by atoms with van der Waals surface area (Å²) in [6.07, 6.45) is 1.95. The van der Waals surface area contributed by atoms with Crippen molar-refractivity contribution in [2.75, 3.05) is 0 Å². The number of aliphatic carboxylic acids is 1. The summed E-state index contributed by atoms with van der Waals surface area (Å²) in [4.78, 5) is 10.9. The predicted molar refractivity (Wildman–Crippen MR) is 57.0 cm³/mol. The summed E-state index contributed by atoms with van der Waals surface area (Å²) in [5.74, 6) is -0.836. The SMILES string of the molecule is C=C1C=C(C(C)C(=O)O)C(C)(C)C1C. The maximum atomic E-state index is 10.9. The van der Waals surface area contributed by atoms with Crippen LogP contribution in [0.1, 0.15) is 27.7 Å². The molecule has 78 valence electrons. The minimum atomic E-state index is -0.758. The molecule has 0 saturated heterocycles. The molecule has 0 aromatic rings. The molecule has 0 aromatic heterocycles. The lowest BCUT2D eigenvalue weighted by molar-refractivity contribution is -0.140. The van der Waals surface area contributed by atoms with Crippen molar-refractivity contribution in [3.05, 3.63) is 23.8 Å². The Bertz CT molecular complexity index is 310. The molecule has 1 aliphatic carbocycles. The lowest BCUT2D eigenvalue weighted by Gasteiger charge is -2.30. The Morgan fingerprint density at radius 1 is 1.64 bits per heavy atom. The Labute approximate surface area is 85.3 Å². The standard InChI is InChI=1S/C12H18O2/c1-7-6-10(8(2)11(13)14)12(4,5)9(7)3/h6,8-9H,1H2,2-5H3,(H,13,14). The Morgan fingerprint density at radius 3 is 2.43 bits per heavy atom. The molecule has 0 fully saturated rings. The van der Waals surface area contributed by atoms with Crippen LogP contribution in [-0.2, 0) is 4.79 Å². The van der Waals surface area contributed by atoms with Gasteiger partial charge >= 0.3 is 5.97 Å². The number of carboxylic acids is 1. The van der Waals surface area contributed by atoms with Crippen molar-refractivity contribution >= 4 is 5.97 Å². The van der Waals surface area contributed by atoms with E-state index in [2.05, 4.69) is 27.4 Å². The quantitative estimate of drug-likeness (QED) is 0.734. The van der Waals surface area contributed by atoms with Gasteiger partial charge in [0.2, 0.25) is 0 Å². The molecule has 2 atom stereocenters. The van der Waals surface area contributed by atoms with Crippen LogP contribution in [0.3, 0.4) is 0 Å². The zero-order valence-corrected chi connectivity index (χ0v) is 9.29. The van der Waals surface area contributed by atoms with Crippen LogP contribution >= 0.6 is 0 Å². The van der Waals surface area contributed by atoms with Crippen LogP contribution < -0.4 is 0 Å². The average molecular weight is 194 g/mol. The number of carboxylic acid groups (broad SMARTS) is 1. The minimum Gasteiger partial charge on any atom is -0.481 e. The molecular weight excluding hydrogens is 176 g/mol. The molecule has 0 aliphatic heterocycles. The largest absolute Gasteiger partial charge is 0.481 e. The van der Waals surface area contributed by atoms with Gasteiger partial charge in [0, 0.05) is 0 Å². The second-order valence-electron chi connectivity index (χ2n) is 4.68. The fourth-order valence-electron chi connectivity index (χ4n) is 2.04. The molecule has 0 bridgehead atoms. The van der Waals surface area contributed by atoms with Crippen molar-refractivity contribution < 1.29 is 9.90 Å². The summed E-state index contributed by atoms with van der Waals surface area (Å²) in [6, 6.07) is 0. The van der Waals surface area contributed by atoms with Crippen LogP contribution in [0.25, 0.3) is 0 Å². The van der Waals surface area contributed by atoms with Crippen LogP contribution in [0.15, 0.2) is 23.8 Å². The molecule has 1 N–H and O–H groups in total. The van der Waals surface area contributed by atoms with E-state index in [-0.39, 0.29) is 5.41 Å². The van der Waals surface area contributed by atoms with E-state index in [9.17, 15) is 4.79 Å². The van der Waals surface area contributed by atoms with E-state index in [1.165, 1.54) is 0 Å². The van der Waals surface area contributed by atoms with Crippen LogP contribution in [0, 0.1) is 17.3 Å². The van der Waals surface area contributed by atoms with Gasteiger partial charge in [-0.3, -0.25) is 4.79 Å². The number of hydrogen-bond donors (Lipinski definition) is 1. The molecule has 0 amide bonds. The molecule has 0 radical (unpaired) electrons. The van der Waals surface area contributed by atoms with Gasteiger partial charge in [-0.1, -0.05) is 39.0 Å². The van der Waals surface area contributed by atoms with Crippen molar-refractivity contribution in [3.63, 3.8) is 0 Å². The van der Waals surface area contributed by atoms with Gasteiger partial charge in [0.25, 0.3) is 0 Å². The van der Waals surface area contributed by atoms with Gasteiger partial charge in [0.1, 0.15) is 0 Å². The van der Waals surface area contributed by atoms with Crippen molar-refractivity contribution in [2.24, 2.45) is 17.3 Å². The molecule has 1 aliphatic rings. The zero-order valence-electron chi connectivity index (χ0n) is 9.29. The third-order valence-electron chi connectivity index (χ3n) is 3.56. The zero-order chi connectivity index (χ0) is 11.1. The second kappa shape index (κ2) is 3.26. The highest BCUT2D eigenvalue weighted by atomic mass is 16.4. The number of allylic oxidation sites excluding steroid dienone is 2. The fraction of sp³-hybridized carbons (Fsp3) is 0.583. The van der Waals surface area contributed by atoms with Gasteiger partial charge in [-0.15, -0.1) is 0 Å². The maximum Gasteiger partial charge on any atom is 0.310 e. The van der Waals surface area contributed by atoms with Gasteiger partial charge < -0.3 is 5.11 Å². The lowest BCUT2D eigenvalue weighted by Crippen LogP contribution is -2.26. The predicted octanol–water partition coefficient (Wildman–Crippen LogP) is 2.87. The van der Waals surface area contributed by atoms with E-state index in [0.717, 1.165) is 11.1 Å². The molecule has 14 heavy (non-hydrogen) atoms. The Hall–Kier alpha value is -1.05. The van der Waals surface area contributed by atoms with Crippen LogP contribution in [0.4, 0.5) is 0 Å². The first kappa shape index (κ1) is 11.0. The Morgan fingerprint density at radius 2 is 2.14 bits per heavy atom. The summed E-state index contributed by atoms with van der Waals surface area (Å²) in [6.45, 7) is 12.0. The molecule has 0 spiro atoms. The highest BCUT2D eigenvalue weighted by Crippen LogP contribution is 2.48. The molecule has 0 saturated carbocycles. The molecule has 0 aromatic carbocycles. The maximum absolute atomic E-state index is 10.9. The van der Waals surface area contributed by atoms with Gasteiger partial charge in [0.15, 0.2) is 0 Å². The molecule has 2 heteroatoms. The average Bonchev–Trinajstić information content (AvgIpc) is 2.28. The third-order valence-corrected chi connectivity index (χ3v) is 3.56. The summed E-state index contributed by atoms with van der Waals surface area (Å²) in [5, 5.41) is 8.98. The van der Waals surface area contributed by atoms with Crippen molar-refractivity contribution in [3.8, 4) is 0 Å². The van der Waals surface area contributed by atoms with E-state index >= 15 is 0 Å². The van der Waals surface area contributed by atoms with E-state index in [0.29, 0.717) is 5.92 Å². The summed E-state index contributed by atoms with van der Waals surface area (Å²) in [5.41, 5.74) is 1.95. The van der Waals surface area contributed by atoms with Crippen LogP contribution in [0.5, 0.6) is 0 Å². The first-order chi connectivity index (χ1) is 6.28. The number of carbonyl (C=O) groups is 1. The normalized spacial score (nSPS) is 27.3. The second-order valence-corrected chi connectivity index (χ2v) is 4.68. The van der Waals surface area contributed by atoms with Crippen molar-refractivity contribution in [2.45, 2.75) is 27.7 Å².